The number of alkyl halides is 3. The molecule has 1 amide bonds. The first-order chi connectivity index (χ1) is 11.9. The van der Waals surface area contributed by atoms with Crippen LogP contribution in [0.15, 0.2) is 29.4 Å². The topological polar surface area (TPSA) is 41.9 Å². The van der Waals surface area contributed by atoms with E-state index in [1.165, 1.54) is 6.07 Å². The highest BCUT2D eigenvalue weighted by atomic mass is 19.4. The van der Waals surface area contributed by atoms with Crippen LogP contribution in [0.25, 0.3) is 0 Å². The third kappa shape index (κ3) is 3.24. The Bertz CT molecular complexity index is 717. The molecule has 1 saturated heterocycles. The summed E-state index contributed by atoms with van der Waals surface area (Å²) in [5.74, 6) is 0.433. The summed E-state index contributed by atoms with van der Waals surface area (Å²) in [4.78, 5) is 19.7. The molecule has 0 atom stereocenters. The molecule has 0 unspecified atom stereocenters. The molecule has 1 spiro atoms. The van der Waals surface area contributed by atoms with E-state index < -0.39 is 17.3 Å². The van der Waals surface area contributed by atoms with Crippen molar-refractivity contribution < 1.29 is 22.8 Å². The van der Waals surface area contributed by atoms with E-state index in [1.807, 2.05) is 4.90 Å². The molecule has 4 rings (SSSR count). The van der Waals surface area contributed by atoms with Crippen LogP contribution in [0.2, 0.25) is 0 Å². The summed E-state index contributed by atoms with van der Waals surface area (Å²) in [5.41, 5.74) is -0.168. The van der Waals surface area contributed by atoms with Crippen LogP contribution < -0.4 is 0 Å². The summed E-state index contributed by atoms with van der Waals surface area (Å²) >= 11 is 0. The van der Waals surface area contributed by atoms with E-state index in [0.717, 1.165) is 25.0 Å². The Labute approximate surface area is 143 Å². The number of benzene rings is 1. The molecular formula is C18H19F3N2O2. The van der Waals surface area contributed by atoms with E-state index in [-0.39, 0.29) is 11.8 Å². The predicted molar refractivity (Wildman–Crippen MR) is 85.0 cm³/mol. The lowest BCUT2D eigenvalue weighted by Gasteiger charge is -2.37. The largest absolute Gasteiger partial charge is 0.416 e. The van der Waals surface area contributed by atoms with Gasteiger partial charge in [0.2, 0.25) is 5.91 Å². The summed E-state index contributed by atoms with van der Waals surface area (Å²) < 4.78 is 38.7. The third-order valence-electron chi connectivity index (χ3n) is 5.28. The summed E-state index contributed by atoms with van der Waals surface area (Å²) in [6.45, 7) is 1.25. The third-order valence-corrected chi connectivity index (χ3v) is 5.28. The Balaban J connectivity index is 1.42. The maximum Gasteiger partial charge on any atom is 0.416 e. The van der Waals surface area contributed by atoms with Crippen LogP contribution in [0.1, 0.15) is 43.2 Å². The summed E-state index contributed by atoms with van der Waals surface area (Å²) in [7, 11) is 0. The molecule has 1 aliphatic carbocycles. The van der Waals surface area contributed by atoms with E-state index in [9.17, 15) is 18.0 Å². The lowest BCUT2D eigenvalue weighted by atomic mass is 9.85. The Kier molecular flexibility index (Phi) is 3.77. The second kappa shape index (κ2) is 5.75. The zero-order valence-corrected chi connectivity index (χ0v) is 13.7. The summed E-state index contributed by atoms with van der Waals surface area (Å²) in [5, 5.41) is 4.07. The fourth-order valence-corrected chi connectivity index (χ4v) is 3.54. The van der Waals surface area contributed by atoms with Crippen molar-refractivity contribution in [2.45, 2.75) is 43.9 Å². The highest BCUT2D eigenvalue weighted by Crippen LogP contribution is 2.39. The van der Waals surface area contributed by atoms with Crippen LogP contribution in [-0.2, 0) is 15.8 Å². The molecule has 134 valence electrons. The molecule has 4 nitrogen and oxygen atoms in total. The lowest BCUT2D eigenvalue weighted by Crippen LogP contribution is -2.47. The van der Waals surface area contributed by atoms with Crippen LogP contribution >= 0.6 is 0 Å². The number of hydrogen-bond donors (Lipinski definition) is 0. The second-order valence-electron chi connectivity index (χ2n) is 7.17. The first kappa shape index (κ1) is 16.4. The zero-order chi connectivity index (χ0) is 17.7. The number of rotatable bonds is 2. The summed E-state index contributed by atoms with van der Waals surface area (Å²) in [6.07, 6.45) is -0.587. The maximum atomic E-state index is 12.9. The molecule has 2 aliphatic heterocycles. The number of oxime groups is 1. The molecular weight excluding hydrogens is 333 g/mol. The minimum Gasteiger partial charge on any atom is -0.388 e. The molecule has 0 N–H and O–H groups in total. The van der Waals surface area contributed by atoms with Gasteiger partial charge < -0.3 is 9.74 Å². The number of nitrogens with zero attached hydrogens (tertiary/aromatic N) is 2. The lowest BCUT2D eigenvalue weighted by molar-refractivity contribution is -0.138. The van der Waals surface area contributed by atoms with E-state index in [1.54, 1.807) is 6.07 Å². The highest BCUT2D eigenvalue weighted by molar-refractivity contribution is 6.01. The zero-order valence-electron chi connectivity index (χ0n) is 13.7. The SMILES string of the molecule is O=C(C1CC1)N1CCC2(CC1)CC(c1cccc(C(F)(F)F)c1)=NO2. The predicted octanol–water partition coefficient (Wildman–Crippen LogP) is 3.60. The van der Waals surface area contributed by atoms with Crippen molar-refractivity contribution >= 4 is 11.6 Å². The first-order valence-electron chi connectivity index (χ1n) is 8.58. The summed E-state index contributed by atoms with van der Waals surface area (Å²) in [6, 6.07) is 5.19. The Morgan fingerprint density at radius 1 is 1.24 bits per heavy atom. The monoisotopic (exact) mass is 352 g/mol. The van der Waals surface area contributed by atoms with Crippen LogP contribution in [0.3, 0.4) is 0 Å². The normalized spacial score (nSPS) is 22.7. The van der Waals surface area contributed by atoms with Gasteiger partial charge in [-0.15, -0.1) is 0 Å². The van der Waals surface area contributed by atoms with Gasteiger partial charge in [0.05, 0.1) is 11.3 Å². The first-order valence-corrected chi connectivity index (χ1v) is 8.58. The number of piperidine rings is 1. The van der Waals surface area contributed by atoms with Gasteiger partial charge in [-0.25, -0.2) is 0 Å². The minimum atomic E-state index is -4.37. The fourth-order valence-electron chi connectivity index (χ4n) is 3.54. The van der Waals surface area contributed by atoms with Gasteiger partial charge in [-0.3, -0.25) is 4.79 Å². The standard InChI is InChI=1S/C18H19F3N2O2/c19-18(20,21)14-3-1-2-13(10-14)15-11-17(25-22-15)6-8-23(9-7-17)16(24)12-4-5-12/h1-3,10,12H,4-9,11H2. The molecule has 0 radical (unpaired) electrons. The number of likely N-dealkylation sites (tertiary alicyclic amines) is 1. The number of halogens is 3. The van der Waals surface area contributed by atoms with Gasteiger partial charge in [0, 0.05) is 43.8 Å². The molecule has 1 aromatic rings. The number of hydrogen-bond acceptors (Lipinski definition) is 3. The van der Waals surface area contributed by atoms with Gasteiger partial charge in [0.1, 0.15) is 5.60 Å². The van der Waals surface area contributed by atoms with Crippen molar-refractivity contribution in [3.05, 3.63) is 35.4 Å². The van der Waals surface area contributed by atoms with E-state index in [4.69, 9.17) is 4.84 Å². The number of carbonyl (C=O) groups excluding carboxylic acids is 1. The average Bonchev–Trinajstić information content (AvgIpc) is 3.37. The van der Waals surface area contributed by atoms with Crippen molar-refractivity contribution in [2.75, 3.05) is 13.1 Å². The van der Waals surface area contributed by atoms with Gasteiger partial charge in [-0.05, 0) is 25.0 Å². The molecule has 25 heavy (non-hydrogen) atoms. The van der Waals surface area contributed by atoms with E-state index in [0.29, 0.717) is 43.6 Å². The van der Waals surface area contributed by atoms with Gasteiger partial charge in [-0.1, -0.05) is 17.3 Å². The van der Waals surface area contributed by atoms with Crippen molar-refractivity contribution in [3.8, 4) is 0 Å². The van der Waals surface area contributed by atoms with Crippen molar-refractivity contribution in [2.24, 2.45) is 11.1 Å². The molecule has 0 bridgehead atoms. The molecule has 7 heteroatoms. The van der Waals surface area contributed by atoms with E-state index in [2.05, 4.69) is 5.16 Å². The Hall–Kier alpha value is -2.05. The van der Waals surface area contributed by atoms with Crippen molar-refractivity contribution in [1.82, 2.24) is 4.90 Å². The maximum absolute atomic E-state index is 12.9. The molecule has 1 aromatic carbocycles. The number of amides is 1. The van der Waals surface area contributed by atoms with Crippen LogP contribution in [0.5, 0.6) is 0 Å². The van der Waals surface area contributed by atoms with Gasteiger partial charge in [0.15, 0.2) is 0 Å². The Morgan fingerprint density at radius 3 is 2.60 bits per heavy atom. The van der Waals surface area contributed by atoms with Crippen molar-refractivity contribution in [3.63, 3.8) is 0 Å². The van der Waals surface area contributed by atoms with Gasteiger partial charge in [0.25, 0.3) is 0 Å². The molecule has 2 heterocycles. The smallest absolute Gasteiger partial charge is 0.388 e. The quantitative estimate of drug-likeness (QED) is 0.816. The van der Waals surface area contributed by atoms with Gasteiger partial charge in [-0.2, -0.15) is 13.2 Å². The van der Waals surface area contributed by atoms with Crippen molar-refractivity contribution in [1.29, 1.82) is 0 Å². The number of carbonyl (C=O) groups is 1. The second-order valence-corrected chi connectivity index (χ2v) is 7.17. The Morgan fingerprint density at radius 2 is 1.96 bits per heavy atom. The highest BCUT2D eigenvalue weighted by Gasteiger charge is 2.45. The van der Waals surface area contributed by atoms with Gasteiger partial charge >= 0.3 is 6.18 Å². The minimum absolute atomic E-state index is 0.204. The molecule has 2 fully saturated rings. The fraction of sp³-hybridized carbons (Fsp3) is 0.556. The molecule has 0 aromatic heterocycles. The van der Waals surface area contributed by atoms with Crippen LogP contribution in [0.4, 0.5) is 13.2 Å². The van der Waals surface area contributed by atoms with Crippen LogP contribution in [0, 0.1) is 5.92 Å². The average molecular weight is 352 g/mol. The van der Waals surface area contributed by atoms with Crippen LogP contribution in [-0.4, -0.2) is 35.2 Å². The molecule has 1 saturated carbocycles. The van der Waals surface area contributed by atoms with E-state index >= 15 is 0 Å². The molecule has 3 aliphatic rings.